The van der Waals surface area contributed by atoms with Gasteiger partial charge in [-0.25, -0.2) is 0 Å². The van der Waals surface area contributed by atoms with Crippen molar-refractivity contribution in [3.05, 3.63) is 83.9 Å². The van der Waals surface area contributed by atoms with E-state index in [2.05, 4.69) is 16.0 Å². The molecule has 0 aromatic heterocycles. The Hall–Kier alpha value is -4.04. The summed E-state index contributed by atoms with van der Waals surface area (Å²) in [5.74, 6) is -1.66. The highest BCUT2D eigenvalue weighted by atomic mass is 16.2. The summed E-state index contributed by atoms with van der Waals surface area (Å²) < 4.78 is 0. The van der Waals surface area contributed by atoms with Crippen molar-refractivity contribution in [2.75, 3.05) is 13.1 Å². The number of hydrogen-bond donors (Lipinski definition) is 4. The number of ketones is 1. The fourth-order valence-corrected chi connectivity index (χ4v) is 5.49. The number of Topliss-reactive ketones (excluding diaryl/α,β-unsaturated/α-hetero) is 1. The van der Waals surface area contributed by atoms with Gasteiger partial charge in [-0.2, -0.15) is 0 Å². The molecule has 0 radical (unpaired) electrons. The lowest BCUT2D eigenvalue weighted by Crippen LogP contribution is -2.54. The molecule has 3 aromatic carbocycles. The molecule has 0 unspecified atom stereocenters. The quantitative estimate of drug-likeness (QED) is 0.143. The maximum atomic E-state index is 13.8. The molecule has 0 saturated heterocycles. The van der Waals surface area contributed by atoms with Crippen LogP contribution in [-0.2, 0) is 32.0 Å². The van der Waals surface area contributed by atoms with E-state index in [0.29, 0.717) is 32.4 Å². The number of hydrogen-bond acceptors (Lipinski definition) is 5. The molecule has 242 valence electrons. The van der Waals surface area contributed by atoms with Gasteiger partial charge in [0.15, 0.2) is 5.78 Å². The summed E-state index contributed by atoms with van der Waals surface area (Å²) >= 11 is 0. The van der Waals surface area contributed by atoms with E-state index in [4.69, 9.17) is 5.73 Å². The molecule has 0 aliphatic heterocycles. The molecule has 4 atom stereocenters. The average Bonchev–Trinajstić information content (AvgIpc) is 3.06. The Balaban J connectivity index is 1.73. The van der Waals surface area contributed by atoms with Crippen molar-refractivity contribution in [2.24, 2.45) is 17.6 Å². The van der Waals surface area contributed by atoms with Gasteiger partial charge < -0.3 is 21.7 Å². The second-order valence-corrected chi connectivity index (χ2v) is 11.9. The van der Waals surface area contributed by atoms with E-state index in [0.717, 1.165) is 34.7 Å². The number of rotatable bonds is 19. The third-order valence-corrected chi connectivity index (χ3v) is 8.46. The van der Waals surface area contributed by atoms with Gasteiger partial charge in [-0.05, 0) is 53.6 Å². The van der Waals surface area contributed by atoms with E-state index in [9.17, 15) is 19.2 Å². The molecular weight excluding hydrogens is 564 g/mol. The Kier molecular flexibility index (Phi) is 14.7. The monoisotopic (exact) mass is 614 g/mol. The molecule has 0 bridgehead atoms. The second kappa shape index (κ2) is 18.7. The van der Waals surface area contributed by atoms with Gasteiger partial charge in [0.2, 0.25) is 17.7 Å². The molecule has 0 aliphatic rings. The predicted molar refractivity (Wildman–Crippen MR) is 180 cm³/mol. The molecule has 8 heteroatoms. The van der Waals surface area contributed by atoms with E-state index in [1.54, 1.807) is 6.92 Å². The lowest BCUT2D eigenvalue weighted by molar-refractivity contribution is -0.134. The molecule has 45 heavy (non-hydrogen) atoms. The fourth-order valence-electron chi connectivity index (χ4n) is 5.49. The molecule has 0 saturated carbocycles. The van der Waals surface area contributed by atoms with Crippen molar-refractivity contribution < 1.29 is 19.2 Å². The Morgan fingerprint density at radius 3 is 2.20 bits per heavy atom. The number of fused-ring (bicyclic) bond motifs is 1. The summed E-state index contributed by atoms with van der Waals surface area (Å²) in [6.45, 7) is 6.63. The lowest BCUT2D eigenvalue weighted by atomic mass is 9.87. The standard InChI is InChI=1S/C37H50N4O4/c1-4-26(3)35(33(42)25-31(17-11-12-21-38)36(44)39-22-20-27-13-7-6-8-14-27)41-37(45)32(40-34(43)5-2)24-28-18-19-29-15-9-10-16-30(29)23-28/h6-10,13-16,18-19,23,26,31-32,35H,4-5,11-12,17,20-22,24-25,38H2,1-3H3,(H,39,44)(H,40,43)(H,41,45)/t26-,31+,32-,35-/m0/s1. The second-order valence-electron chi connectivity index (χ2n) is 11.9. The number of carbonyl (C=O) groups excluding carboxylic acids is 4. The minimum Gasteiger partial charge on any atom is -0.356 e. The van der Waals surface area contributed by atoms with Gasteiger partial charge in [-0.3, -0.25) is 19.2 Å². The van der Waals surface area contributed by atoms with Gasteiger partial charge in [0.25, 0.3) is 0 Å². The first kappa shape index (κ1) is 35.4. The number of nitrogens with one attached hydrogen (secondary N) is 3. The van der Waals surface area contributed by atoms with Crippen LogP contribution in [0.5, 0.6) is 0 Å². The first-order chi connectivity index (χ1) is 21.7. The topological polar surface area (TPSA) is 130 Å². The Bertz CT molecular complexity index is 1390. The van der Waals surface area contributed by atoms with Crippen LogP contribution >= 0.6 is 0 Å². The molecule has 8 nitrogen and oxygen atoms in total. The lowest BCUT2D eigenvalue weighted by Gasteiger charge is -2.28. The average molecular weight is 615 g/mol. The van der Waals surface area contributed by atoms with Crippen molar-refractivity contribution in [1.29, 1.82) is 0 Å². The third kappa shape index (κ3) is 11.4. The van der Waals surface area contributed by atoms with Crippen molar-refractivity contribution in [3.8, 4) is 0 Å². The molecule has 3 rings (SSSR count). The highest BCUT2D eigenvalue weighted by Gasteiger charge is 2.32. The molecule has 3 aromatic rings. The molecule has 3 amide bonds. The number of unbranched alkanes of at least 4 members (excludes halogenated alkanes) is 1. The smallest absolute Gasteiger partial charge is 0.243 e. The zero-order chi connectivity index (χ0) is 32.6. The zero-order valence-corrected chi connectivity index (χ0v) is 27.0. The third-order valence-electron chi connectivity index (χ3n) is 8.46. The maximum Gasteiger partial charge on any atom is 0.243 e. The molecular formula is C37H50N4O4. The number of amides is 3. The molecule has 0 aliphatic carbocycles. The summed E-state index contributed by atoms with van der Waals surface area (Å²) in [7, 11) is 0. The van der Waals surface area contributed by atoms with Crippen LogP contribution in [-0.4, -0.2) is 48.7 Å². The van der Waals surface area contributed by atoms with Crippen molar-refractivity contribution in [2.45, 2.75) is 84.2 Å². The zero-order valence-electron chi connectivity index (χ0n) is 27.0. The highest BCUT2D eigenvalue weighted by Crippen LogP contribution is 2.20. The van der Waals surface area contributed by atoms with E-state index < -0.39 is 23.9 Å². The van der Waals surface area contributed by atoms with E-state index in [-0.39, 0.29) is 42.8 Å². The minimum absolute atomic E-state index is 0.0215. The van der Waals surface area contributed by atoms with E-state index in [1.165, 1.54) is 0 Å². The minimum atomic E-state index is -0.848. The summed E-state index contributed by atoms with van der Waals surface area (Å²) in [5, 5.41) is 11.0. The summed E-state index contributed by atoms with van der Waals surface area (Å²) in [4.78, 5) is 53.3. The molecule has 5 N–H and O–H groups in total. The van der Waals surface area contributed by atoms with Gasteiger partial charge in [0, 0.05) is 31.7 Å². The van der Waals surface area contributed by atoms with Crippen LogP contribution in [0.3, 0.4) is 0 Å². The highest BCUT2D eigenvalue weighted by molar-refractivity contribution is 5.95. The Morgan fingerprint density at radius 1 is 0.800 bits per heavy atom. The summed E-state index contributed by atoms with van der Waals surface area (Å²) in [6, 6.07) is 22.3. The van der Waals surface area contributed by atoms with Crippen molar-refractivity contribution in [1.82, 2.24) is 16.0 Å². The van der Waals surface area contributed by atoms with Crippen molar-refractivity contribution in [3.63, 3.8) is 0 Å². The van der Waals surface area contributed by atoms with Crippen LogP contribution in [0.2, 0.25) is 0 Å². The predicted octanol–water partition coefficient (Wildman–Crippen LogP) is 4.87. The van der Waals surface area contributed by atoms with Crippen molar-refractivity contribution >= 4 is 34.3 Å². The molecule has 0 heterocycles. The van der Waals surface area contributed by atoms with Crippen LogP contribution in [0.25, 0.3) is 10.8 Å². The van der Waals surface area contributed by atoms with Crippen LogP contribution in [0.1, 0.15) is 70.4 Å². The maximum absolute atomic E-state index is 13.8. The summed E-state index contributed by atoms with van der Waals surface area (Å²) in [6.07, 6.45) is 3.94. The van der Waals surface area contributed by atoms with Gasteiger partial charge >= 0.3 is 0 Å². The van der Waals surface area contributed by atoms with Gasteiger partial charge in [0.05, 0.1) is 6.04 Å². The number of benzene rings is 3. The summed E-state index contributed by atoms with van der Waals surface area (Å²) in [5.41, 5.74) is 7.74. The molecule has 0 fully saturated rings. The Labute approximate surface area is 267 Å². The van der Waals surface area contributed by atoms with Crippen LogP contribution in [0, 0.1) is 11.8 Å². The van der Waals surface area contributed by atoms with E-state index in [1.807, 2.05) is 86.6 Å². The van der Waals surface area contributed by atoms with Crippen LogP contribution < -0.4 is 21.7 Å². The molecule has 0 spiro atoms. The van der Waals surface area contributed by atoms with Gasteiger partial charge in [0.1, 0.15) is 6.04 Å². The number of carbonyl (C=O) groups is 4. The Morgan fingerprint density at radius 2 is 1.51 bits per heavy atom. The van der Waals surface area contributed by atoms with E-state index >= 15 is 0 Å². The first-order valence-electron chi connectivity index (χ1n) is 16.4. The largest absolute Gasteiger partial charge is 0.356 e. The first-order valence-corrected chi connectivity index (χ1v) is 16.4. The van der Waals surface area contributed by atoms with Crippen LogP contribution in [0.15, 0.2) is 72.8 Å². The van der Waals surface area contributed by atoms with Crippen LogP contribution in [0.4, 0.5) is 0 Å². The SMILES string of the molecule is CCC(=O)N[C@@H](Cc1ccc2ccccc2c1)C(=O)N[C@H](C(=O)C[C@@H](CCCCN)C(=O)NCCc1ccccc1)[C@@H](C)CC. The fraction of sp³-hybridized carbons (Fsp3) is 0.459. The van der Waals surface area contributed by atoms with Gasteiger partial charge in [-0.15, -0.1) is 0 Å². The number of nitrogens with two attached hydrogens (primary N) is 1. The van der Waals surface area contributed by atoms with Gasteiger partial charge in [-0.1, -0.05) is 106 Å². The normalized spacial score (nSPS) is 13.8.